The van der Waals surface area contributed by atoms with Gasteiger partial charge >= 0.3 is 0 Å². The molecule has 0 saturated carbocycles. The van der Waals surface area contributed by atoms with Crippen LogP contribution in [0.1, 0.15) is 47.5 Å². The van der Waals surface area contributed by atoms with Crippen LogP contribution in [0.3, 0.4) is 0 Å². The molecule has 0 fully saturated rings. The van der Waals surface area contributed by atoms with Crippen molar-refractivity contribution in [3.8, 4) is 0 Å². The first-order valence-corrected chi connectivity index (χ1v) is 6.41. The molecule has 0 rings (SSSR count). The summed E-state index contributed by atoms with van der Waals surface area (Å²) < 4.78 is 0. The normalized spacial score (nSPS) is 16.5. The summed E-state index contributed by atoms with van der Waals surface area (Å²) in [5.74, 6) is 0. The summed E-state index contributed by atoms with van der Waals surface area (Å²) in [6.07, 6.45) is 1.90. The number of rotatable bonds is 8. The Labute approximate surface area is 101 Å². The van der Waals surface area contributed by atoms with E-state index in [1.165, 1.54) is 0 Å². The average molecular weight is 230 g/mol. The summed E-state index contributed by atoms with van der Waals surface area (Å²) in [5, 5.41) is 10.1. The van der Waals surface area contributed by atoms with E-state index in [-0.39, 0.29) is 5.41 Å². The van der Waals surface area contributed by atoms with Gasteiger partial charge in [-0.15, -0.1) is 0 Å². The second kappa shape index (κ2) is 6.58. The molecular formula is C13H30N2O. The fraction of sp³-hybridized carbons (Fsp3) is 1.00. The number of nitrogens with zero attached hydrogens (tertiary/aromatic N) is 1. The van der Waals surface area contributed by atoms with Gasteiger partial charge in [0.25, 0.3) is 0 Å². The Kier molecular flexibility index (Phi) is 6.53. The van der Waals surface area contributed by atoms with Gasteiger partial charge < -0.3 is 10.8 Å². The molecule has 0 aliphatic rings. The zero-order valence-corrected chi connectivity index (χ0v) is 11.7. The Bertz CT molecular complexity index is 172. The van der Waals surface area contributed by atoms with E-state index in [9.17, 15) is 5.11 Å². The molecule has 0 bridgehead atoms. The van der Waals surface area contributed by atoms with Gasteiger partial charge in [-0.2, -0.15) is 0 Å². The molecule has 0 saturated heterocycles. The molecule has 16 heavy (non-hydrogen) atoms. The lowest BCUT2D eigenvalue weighted by Crippen LogP contribution is -2.46. The maximum absolute atomic E-state index is 10.1. The third-order valence-corrected chi connectivity index (χ3v) is 3.07. The zero-order chi connectivity index (χ0) is 12.8. The highest BCUT2D eigenvalue weighted by Crippen LogP contribution is 2.18. The highest BCUT2D eigenvalue weighted by atomic mass is 16.3. The fourth-order valence-electron chi connectivity index (χ4n) is 1.79. The molecule has 0 aliphatic heterocycles. The number of hydrogen-bond acceptors (Lipinski definition) is 3. The maximum atomic E-state index is 10.1. The highest BCUT2D eigenvalue weighted by Gasteiger charge is 2.25. The van der Waals surface area contributed by atoms with Crippen LogP contribution in [0.15, 0.2) is 0 Å². The van der Waals surface area contributed by atoms with Crippen LogP contribution in [0.25, 0.3) is 0 Å². The van der Waals surface area contributed by atoms with Crippen molar-refractivity contribution in [3.63, 3.8) is 0 Å². The number of hydrogen-bond donors (Lipinski definition) is 2. The van der Waals surface area contributed by atoms with Crippen molar-refractivity contribution < 1.29 is 5.11 Å². The molecule has 0 aromatic heterocycles. The molecule has 3 nitrogen and oxygen atoms in total. The van der Waals surface area contributed by atoms with Crippen molar-refractivity contribution in [1.29, 1.82) is 0 Å². The van der Waals surface area contributed by atoms with E-state index < -0.39 is 5.60 Å². The topological polar surface area (TPSA) is 49.5 Å². The smallest absolute Gasteiger partial charge is 0.0743 e. The van der Waals surface area contributed by atoms with Gasteiger partial charge in [-0.3, -0.25) is 4.90 Å². The van der Waals surface area contributed by atoms with Gasteiger partial charge in [-0.25, -0.2) is 0 Å². The Morgan fingerprint density at radius 1 is 1.12 bits per heavy atom. The van der Waals surface area contributed by atoms with Gasteiger partial charge in [-0.1, -0.05) is 27.7 Å². The molecule has 0 radical (unpaired) electrons. The summed E-state index contributed by atoms with van der Waals surface area (Å²) in [4.78, 5) is 2.33. The molecule has 3 heteroatoms. The molecule has 98 valence electrons. The van der Waals surface area contributed by atoms with E-state index in [1.807, 2.05) is 13.8 Å². The second-order valence-corrected chi connectivity index (χ2v) is 5.93. The molecule has 0 heterocycles. The standard InChI is InChI=1S/C13H30N2O/c1-6-8-15(10-12(3,4)9-14)11-13(5,16)7-2/h16H,6-11,14H2,1-5H3. The highest BCUT2D eigenvalue weighted by molar-refractivity contribution is 4.80. The number of nitrogens with two attached hydrogens (primary N) is 1. The van der Waals surface area contributed by atoms with Crippen molar-refractivity contribution in [2.75, 3.05) is 26.2 Å². The van der Waals surface area contributed by atoms with Gasteiger partial charge in [0.15, 0.2) is 0 Å². The van der Waals surface area contributed by atoms with E-state index in [2.05, 4.69) is 25.7 Å². The minimum absolute atomic E-state index is 0.124. The molecule has 0 spiro atoms. The SMILES string of the molecule is CCCN(CC(C)(C)CN)CC(C)(O)CC. The first-order valence-electron chi connectivity index (χ1n) is 6.41. The lowest BCUT2D eigenvalue weighted by molar-refractivity contribution is 0.00692. The van der Waals surface area contributed by atoms with Crippen molar-refractivity contribution >= 4 is 0 Å². The Balaban J connectivity index is 4.38. The summed E-state index contributed by atoms with van der Waals surface area (Å²) in [6, 6.07) is 0. The van der Waals surface area contributed by atoms with E-state index in [0.717, 1.165) is 32.5 Å². The number of aliphatic hydroxyl groups is 1. The van der Waals surface area contributed by atoms with Gasteiger partial charge in [-0.05, 0) is 38.3 Å². The molecule has 0 aromatic carbocycles. The molecular weight excluding hydrogens is 200 g/mol. The summed E-state index contributed by atoms with van der Waals surface area (Å²) in [5.41, 5.74) is 5.30. The van der Waals surface area contributed by atoms with Crippen LogP contribution < -0.4 is 5.73 Å². The minimum Gasteiger partial charge on any atom is -0.389 e. The second-order valence-electron chi connectivity index (χ2n) is 5.93. The van der Waals surface area contributed by atoms with Crippen molar-refractivity contribution in [3.05, 3.63) is 0 Å². The average Bonchev–Trinajstić information content (AvgIpc) is 2.17. The summed E-state index contributed by atoms with van der Waals surface area (Å²) in [7, 11) is 0. The first-order chi connectivity index (χ1) is 7.26. The largest absolute Gasteiger partial charge is 0.389 e. The third kappa shape index (κ3) is 6.46. The Morgan fingerprint density at radius 2 is 1.69 bits per heavy atom. The van der Waals surface area contributed by atoms with E-state index in [4.69, 9.17) is 5.73 Å². The van der Waals surface area contributed by atoms with Crippen LogP contribution in [0, 0.1) is 5.41 Å². The maximum Gasteiger partial charge on any atom is 0.0743 e. The monoisotopic (exact) mass is 230 g/mol. The zero-order valence-electron chi connectivity index (χ0n) is 11.7. The van der Waals surface area contributed by atoms with Crippen LogP contribution in [-0.2, 0) is 0 Å². The van der Waals surface area contributed by atoms with E-state index in [1.54, 1.807) is 0 Å². The predicted octanol–water partition coefficient (Wildman–Crippen LogP) is 1.84. The molecule has 0 aromatic rings. The summed E-state index contributed by atoms with van der Waals surface area (Å²) >= 11 is 0. The molecule has 0 amide bonds. The van der Waals surface area contributed by atoms with Gasteiger partial charge in [0, 0.05) is 13.1 Å². The molecule has 1 atom stereocenters. The van der Waals surface area contributed by atoms with Gasteiger partial charge in [0.2, 0.25) is 0 Å². The van der Waals surface area contributed by atoms with Gasteiger partial charge in [0.05, 0.1) is 5.60 Å². The predicted molar refractivity (Wildman–Crippen MR) is 70.5 cm³/mol. The molecule has 3 N–H and O–H groups in total. The Morgan fingerprint density at radius 3 is 2.06 bits per heavy atom. The van der Waals surface area contributed by atoms with Crippen LogP contribution in [0.4, 0.5) is 0 Å². The van der Waals surface area contributed by atoms with Crippen molar-refractivity contribution in [2.24, 2.45) is 11.1 Å². The van der Waals surface area contributed by atoms with Crippen LogP contribution >= 0.6 is 0 Å². The quantitative estimate of drug-likeness (QED) is 0.669. The Hall–Kier alpha value is -0.120. The molecule has 1 unspecified atom stereocenters. The fourth-order valence-corrected chi connectivity index (χ4v) is 1.79. The van der Waals surface area contributed by atoms with Crippen LogP contribution in [0.5, 0.6) is 0 Å². The third-order valence-electron chi connectivity index (χ3n) is 3.07. The first kappa shape index (κ1) is 15.9. The summed E-state index contributed by atoms with van der Waals surface area (Å²) in [6.45, 7) is 13.9. The van der Waals surface area contributed by atoms with Crippen molar-refractivity contribution in [1.82, 2.24) is 4.90 Å². The van der Waals surface area contributed by atoms with E-state index >= 15 is 0 Å². The van der Waals surface area contributed by atoms with E-state index in [0.29, 0.717) is 6.54 Å². The molecule has 0 aliphatic carbocycles. The van der Waals surface area contributed by atoms with Crippen LogP contribution in [0.2, 0.25) is 0 Å². The van der Waals surface area contributed by atoms with Gasteiger partial charge in [0.1, 0.15) is 0 Å². The lowest BCUT2D eigenvalue weighted by Gasteiger charge is -2.36. The minimum atomic E-state index is -0.583. The van der Waals surface area contributed by atoms with Crippen molar-refractivity contribution in [2.45, 2.75) is 53.1 Å². The van der Waals surface area contributed by atoms with Crippen LogP contribution in [-0.4, -0.2) is 41.8 Å². The lowest BCUT2D eigenvalue weighted by atomic mass is 9.92.